The van der Waals surface area contributed by atoms with Crippen LogP contribution in [0.1, 0.15) is 108 Å². The molecule has 1 saturated carbocycles. The molecule has 1 fully saturated rings. The lowest BCUT2D eigenvalue weighted by Gasteiger charge is -2.33. The molecule has 2 aliphatic rings. The molecule has 1 atom stereocenters. The van der Waals surface area contributed by atoms with Gasteiger partial charge in [-0.1, -0.05) is 114 Å². The molecule has 2 aliphatic carbocycles. The Kier molecular flexibility index (Phi) is 9.58. The van der Waals surface area contributed by atoms with E-state index in [1.54, 1.807) is 0 Å². The molecule has 0 amide bonds. The minimum atomic E-state index is 0.785. The fourth-order valence-corrected chi connectivity index (χ4v) is 5.49. The molecule has 0 radical (unpaired) electrons. The highest BCUT2D eigenvalue weighted by Crippen LogP contribution is 2.39. The van der Waals surface area contributed by atoms with Gasteiger partial charge in [-0.3, -0.25) is 0 Å². The zero-order chi connectivity index (χ0) is 20.3. The lowest BCUT2D eigenvalue weighted by Crippen LogP contribution is -2.21. The lowest BCUT2D eigenvalue weighted by molar-refractivity contribution is 0.221. The SMILES string of the molecule is CCCCCCCCc1ccc(C2=CCC(C3CCC(CCC)CC3)C=C2)cc1. The molecule has 0 bridgehead atoms. The fourth-order valence-electron chi connectivity index (χ4n) is 5.49. The zero-order valence-corrected chi connectivity index (χ0v) is 19.2. The molecular weight excluding hydrogens is 348 g/mol. The molecule has 0 saturated heterocycles. The van der Waals surface area contributed by atoms with Crippen LogP contribution in [0.2, 0.25) is 0 Å². The molecule has 1 aromatic carbocycles. The topological polar surface area (TPSA) is 0 Å². The van der Waals surface area contributed by atoms with Crippen molar-refractivity contribution in [1.82, 2.24) is 0 Å². The van der Waals surface area contributed by atoms with Gasteiger partial charge in [-0.05, 0) is 66.6 Å². The second-order valence-corrected chi connectivity index (χ2v) is 9.70. The maximum atomic E-state index is 2.53. The van der Waals surface area contributed by atoms with Crippen molar-refractivity contribution in [2.45, 2.75) is 104 Å². The van der Waals surface area contributed by atoms with Crippen LogP contribution in [0, 0.1) is 17.8 Å². The second-order valence-electron chi connectivity index (χ2n) is 9.70. The number of rotatable bonds is 11. The van der Waals surface area contributed by atoms with Crippen LogP contribution in [0.3, 0.4) is 0 Å². The lowest BCUT2D eigenvalue weighted by atomic mass is 9.72. The summed E-state index contributed by atoms with van der Waals surface area (Å²) in [7, 11) is 0. The Morgan fingerprint density at radius 1 is 0.793 bits per heavy atom. The minimum absolute atomic E-state index is 0.785. The first kappa shape index (κ1) is 22.4. The first-order valence-electron chi connectivity index (χ1n) is 12.8. The summed E-state index contributed by atoms with van der Waals surface area (Å²) >= 11 is 0. The number of hydrogen-bond donors (Lipinski definition) is 0. The van der Waals surface area contributed by atoms with Gasteiger partial charge in [0.05, 0.1) is 0 Å². The Morgan fingerprint density at radius 2 is 1.52 bits per heavy atom. The molecule has 0 heterocycles. The summed E-state index contributed by atoms with van der Waals surface area (Å²) in [5, 5.41) is 0. The zero-order valence-electron chi connectivity index (χ0n) is 19.2. The third-order valence-corrected chi connectivity index (χ3v) is 7.43. The van der Waals surface area contributed by atoms with Crippen LogP contribution in [0.5, 0.6) is 0 Å². The molecule has 0 spiro atoms. The van der Waals surface area contributed by atoms with Crippen molar-refractivity contribution in [3.8, 4) is 0 Å². The standard InChI is InChI=1S/C29H44/c1-3-5-6-7-8-9-11-25-14-18-27(19-15-25)29-22-20-28(21-23-29)26-16-12-24(10-4-2)13-17-26/h14-15,18-20,22-24,26,28H,3-13,16-17,21H2,1-2H3. The van der Waals surface area contributed by atoms with Crippen LogP contribution in [0.4, 0.5) is 0 Å². The smallest absolute Gasteiger partial charge is 0.0167 e. The summed E-state index contributed by atoms with van der Waals surface area (Å²) < 4.78 is 0. The largest absolute Gasteiger partial charge is 0.0802 e. The van der Waals surface area contributed by atoms with Crippen LogP contribution in [0.15, 0.2) is 42.5 Å². The summed E-state index contributed by atoms with van der Waals surface area (Å²) in [6.07, 6.45) is 26.9. The summed E-state index contributed by atoms with van der Waals surface area (Å²) in [5.74, 6) is 2.73. The Labute approximate surface area is 180 Å². The number of benzene rings is 1. The third-order valence-electron chi connectivity index (χ3n) is 7.43. The van der Waals surface area contributed by atoms with Gasteiger partial charge in [0.2, 0.25) is 0 Å². The van der Waals surface area contributed by atoms with Gasteiger partial charge in [-0.2, -0.15) is 0 Å². The Morgan fingerprint density at radius 3 is 2.17 bits per heavy atom. The second kappa shape index (κ2) is 12.4. The van der Waals surface area contributed by atoms with Gasteiger partial charge in [-0.25, -0.2) is 0 Å². The number of allylic oxidation sites excluding steroid dienone is 4. The normalized spacial score (nSPS) is 24.5. The van der Waals surface area contributed by atoms with Crippen molar-refractivity contribution in [1.29, 1.82) is 0 Å². The van der Waals surface area contributed by atoms with E-state index in [1.165, 1.54) is 107 Å². The molecule has 0 nitrogen and oxygen atoms in total. The van der Waals surface area contributed by atoms with Crippen molar-refractivity contribution < 1.29 is 0 Å². The maximum absolute atomic E-state index is 2.53. The molecule has 3 rings (SSSR count). The van der Waals surface area contributed by atoms with Gasteiger partial charge in [0.25, 0.3) is 0 Å². The summed E-state index contributed by atoms with van der Waals surface area (Å²) in [4.78, 5) is 0. The molecule has 0 heteroatoms. The first-order chi connectivity index (χ1) is 14.3. The van der Waals surface area contributed by atoms with E-state index in [4.69, 9.17) is 0 Å². The average molecular weight is 393 g/mol. The van der Waals surface area contributed by atoms with E-state index in [0.717, 1.165) is 17.8 Å². The van der Waals surface area contributed by atoms with E-state index in [1.807, 2.05) is 0 Å². The number of hydrogen-bond acceptors (Lipinski definition) is 0. The van der Waals surface area contributed by atoms with E-state index in [-0.39, 0.29) is 0 Å². The van der Waals surface area contributed by atoms with Gasteiger partial charge in [0.15, 0.2) is 0 Å². The van der Waals surface area contributed by atoms with Crippen LogP contribution >= 0.6 is 0 Å². The van der Waals surface area contributed by atoms with Crippen molar-refractivity contribution in [3.05, 3.63) is 53.6 Å². The highest BCUT2D eigenvalue weighted by Gasteiger charge is 2.26. The van der Waals surface area contributed by atoms with Crippen LogP contribution < -0.4 is 0 Å². The molecule has 1 aromatic rings. The summed E-state index contributed by atoms with van der Waals surface area (Å²) in [6.45, 7) is 4.63. The highest BCUT2D eigenvalue weighted by molar-refractivity contribution is 5.75. The van der Waals surface area contributed by atoms with E-state index < -0.39 is 0 Å². The molecule has 0 aliphatic heterocycles. The van der Waals surface area contributed by atoms with E-state index >= 15 is 0 Å². The van der Waals surface area contributed by atoms with Crippen molar-refractivity contribution >= 4 is 5.57 Å². The van der Waals surface area contributed by atoms with Crippen molar-refractivity contribution in [2.75, 3.05) is 0 Å². The Balaban J connectivity index is 1.41. The average Bonchev–Trinajstić information content (AvgIpc) is 2.78. The molecule has 0 aromatic heterocycles. The quantitative estimate of drug-likeness (QED) is 0.329. The van der Waals surface area contributed by atoms with Gasteiger partial charge in [0, 0.05) is 0 Å². The summed E-state index contributed by atoms with van der Waals surface area (Å²) in [5.41, 5.74) is 4.34. The van der Waals surface area contributed by atoms with Gasteiger partial charge in [0.1, 0.15) is 0 Å². The number of unbranched alkanes of at least 4 members (excludes halogenated alkanes) is 5. The maximum Gasteiger partial charge on any atom is -0.0167 e. The van der Waals surface area contributed by atoms with Gasteiger partial charge in [-0.15, -0.1) is 0 Å². The van der Waals surface area contributed by atoms with Crippen LogP contribution in [-0.4, -0.2) is 0 Å². The monoisotopic (exact) mass is 392 g/mol. The van der Waals surface area contributed by atoms with E-state index in [0.29, 0.717) is 0 Å². The molecular formula is C29H44. The van der Waals surface area contributed by atoms with E-state index in [9.17, 15) is 0 Å². The first-order valence-corrected chi connectivity index (χ1v) is 12.8. The third kappa shape index (κ3) is 7.16. The molecule has 160 valence electrons. The van der Waals surface area contributed by atoms with Crippen molar-refractivity contribution in [2.24, 2.45) is 17.8 Å². The molecule has 0 N–H and O–H groups in total. The van der Waals surface area contributed by atoms with Crippen LogP contribution in [-0.2, 0) is 6.42 Å². The fraction of sp³-hybridized carbons (Fsp3) is 0.655. The summed E-state index contributed by atoms with van der Waals surface area (Å²) in [6, 6.07) is 9.41. The Bertz CT molecular complexity index is 625. The van der Waals surface area contributed by atoms with E-state index in [2.05, 4.69) is 56.3 Å². The Hall–Kier alpha value is -1.30. The van der Waals surface area contributed by atoms with Crippen molar-refractivity contribution in [3.63, 3.8) is 0 Å². The molecule has 29 heavy (non-hydrogen) atoms. The predicted molar refractivity (Wildman–Crippen MR) is 129 cm³/mol. The predicted octanol–water partition coefficient (Wildman–Crippen LogP) is 9.16. The molecule has 1 unspecified atom stereocenters. The van der Waals surface area contributed by atoms with Gasteiger partial charge >= 0.3 is 0 Å². The van der Waals surface area contributed by atoms with Crippen LogP contribution in [0.25, 0.3) is 5.57 Å². The van der Waals surface area contributed by atoms with Gasteiger partial charge < -0.3 is 0 Å². The highest BCUT2D eigenvalue weighted by atomic mass is 14.3. The number of aryl methyl sites for hydroxylation is 1. The minimum Gasteiger partial charge on any atom is -0.0802 e.